The molecule has 0 N–H and O–H groups in total. The summed E-state index contributed by atoms with van der Waals surface area (Å²) in [6.07, 6.45) is -2.32. The standard InChI is InChI=1S/C11H13ClF3N3/c1-6-8(12)16-9(7-3-4-7)17-10(6)18(2)5-11(13,14)15/h7H,3-5H2,1-2H3. The molecule has 0 bridgehead atoms. The van der Waals surface area contributed by atoms with E-state index in [1.165, 1.54) is 7.05 Å². The predicted octanol–water partition coefficient (Wildman–Crippen LogP) is 3.31. The number of aromatic nitrogens is 2. The van der Waals surface area contributed by atoms with Crippen LogP contribution in [0.25, 0.3) is 0 Å². The summed E-state index contributed by atoms with van der Waals surface area (Å²) in [4.78, 5) is 9.39. The van der Waals surface area contributed by atoms with Crippen molar-refractivity contribution in [2.24, 2.45) is 0 Å². The monoisotopic (exact) mass is 279 g/mol. The van der Waals surface area contributed by atoms with E-state index < -0.39 is 12.7 Å². The van der Waals surface area contributed by atoms with Gasteiger partial charge in [-0.05, 0) is 19.8 Å². The zero-order valence-corrected chi connectivity index (χ0v) is 10.8. The van der Waals surface area contributed by atoms with Crippen LogP contribution >= 0.6 is 11.6 Å². The van der Waals surface area contributed by atoms with Crippen LogP contribution in [0.15, 0.2) is 0 Å². The van der Waals surface area contributed by atoms with Crippen molar-refractivity contribution in [3.05, 3.63) is 16.5 Å². The number of hydrogen-bond acceptors (Lipinski definition) is 3. The van der Waals surface area contributed by atoms with Crippen LogP contribution in [0.2, 0.25) is 5.15 Å². The number of halogens is 4. The molecule has 1 aliphatic rings. The van der Waals surface area contributed by atoms with Gasteiger partial charge in [-0.1, -0.05) is 11.6 Å². The fourth-order valence-corrected chi connectivity index (χ4v) is 1.90. The highest BCUT2D eigenvalue weighted by molar-refractivity contribution is 6.30. The number of nitrogens with zero attached hydrogens (tertiary/aromatic N) is 3. The van der Waals surface area contributed by atoms with E-state index in [9.17, 15) is 13.2 Å². The predicted molar refractivity (Wildman–Crippen MR) is 63.1 cm³/mol. The minimum Gasteiger partial charge on any atom is -0.350 e. The highest BCUT2D eigenvalue weighted by Crippen LogP contribution is 2.40. The van der Waals surface area contributed by atoms with Crippen LogP contribution in [-0.2, 0) is 0 Å². The molecule has 3 nitrogen and oxygen atoms in total. The van der Waals surface area contributed by atoms with Crippen molar-refractivity contribution in [1.82, 2.24) is 9.97 Å². The third-order valence-electron chi connectivity index (χ3n) is 2.80. The fourth-order valence-electron chi connectivity index (χ4n) is 1.73. The molecule has 1 aliphatic carbocycles. The molecule has 0 amide bonds. The summed E-state index contributed by atoms with van der Waals surface area (Å²) in [7, 11) is 1.36. The maximum absolute atomic E-state index is 12.4. The Balaban J connectivity index is 2.30. The molecule has 100 valence electrons. The number of anilines is 1. The summed E-state index contributed by atoms with van der Waals surface area (Å²) in [5.74, 6) is 1.06. The molecule has 1 aromatic heterocycles. The average Bonchev–Trinajstić information content (AvgIpc) is 3.02. The van der Waals surface area contributed by atoms with Crippen LogP contribution in [0, 0.1) is 6.92 Å². The van der Waals surface area contributed by atoms with Gasteiger partial charge in [0, 0.05) is 18.5 Å². The maximum Gasteiger partial charge on any atom is 0.405 e. The minimum absolute atomic E-state index is 0.232. The normalized spacial score (nSPS) is 15.9. The first kappa shape index (κ1) is 13.4. The SMILES string of the molecule is Cc1c(Cl)nc(C2CC2)nc1N(C)CC(F)(F)F. The molecule has 1 heterocycles. The van der Waals surface area contributed by atoms with Gasteiger partial charge in [0.05, 0.1) is 0 Å². The van der Waals surface area contributed by atoms with E-state index >= 15 is 0 Å². The number of hydrogen-bond donors (Lipinski definition) is 0. The van der Waals surface area contributed by atoms with Crippen molar-refractivity contribution >= 4 is 17.4 Å². The van der Waals surface area contributed by atoms with Crippen LogP contribution < -0.4 is 4.90 Å². The van der Waals surface area contributed by atoms with E-state index in [4.69, 9.17) is 11.6 Å². The molecular weight excluding hydrogens is 267 g/mol. The summed E-state index contributed by atoms with van der Waals surface area (Å²) in [5, 5.41) is 0.232. The molecule has 0 atom stereocenters. The smallest absolute Gasteiger partial charge is 0.350 e. The lowest BCUT2D eigenvalue weighted by Gasteiger charge is -2.22. The summed E-state index contributed by atoms with van der Waals surface area (Å²) >= 11 is 5.95. The lowest BCUT2D eigenvalue weighted by Crippen LogP contribution is -2.32. The first-order valence-corrected chi connectivity index (χ1v) is 5.97. The second-order valence-corrected chi connectivity index (χ2v) is 4.92. The van der Waals surface area contributed by atoms with E-state index in [1.807, 2.05) is 0 Å². The molecule has 7 heteroatoms. The van der Waals surface area contributed by atoms with Crippen LogP contribution in [0.1, 0.15) is 30.1 Å². The number of alkyl halides is 3. The van der Waals surface area contributed by atoms with Gasteiger partial charge in [-0.2, -0.15) is 13.2 Å². The van der Waals surface area contributed by atoms with Gasteiger partial charge < -0.3 is 4.90 Å². The molecule has 0 spiro atoms. The summed E-state index contributed by atoms with van der Waals surface area (Å²) in [6.45, 7) is 0.576. The molecule has 1 saturated carbocycles. The lowest BCUT2D eigenvalue weighted by atomic mass is 10.3. The molecule has 1 fully saturated rings. The molecule has 0 aliphatic heterocycles. The third kappa shape index (κ3) is 3.04. The molecule has 1 aromatic rings. The molecule has 0 radical (unpaired) electrons. The average molecular weight is 280 g/mol. The zero-order chi connectivity index (χ0) is 13.5. The Morgan fingerprint density at radius 3 is 2.44 bits per heavy atom. The van der Waals surface area contributed by atoms with Gasteiger partial charge in [0.1, 0.15) is 23.3 Å². The Kier molecular flexibility index (Phi) is 3.40. The van der Waals surface area contributed by atoms with E-state index in [0.29, 0.717) is 11.4 Å². The summed E-state index contributed by atoms with van der Waals surface area (Å²) < 4.78 is 37.1. The molecule has 2 rings (SSSR count). The second-order valence-electron chi connectivity index (χ2n) is 4.57. The van der Waals surface area contributed by atoms with Crippen molar-refractivity contribution in [3.8, 4) is 0 Å². The maximum atomic E-state index is 12.4. The van der Waals surface area contributed by atoms with E-state index in [2.05, 4.69) is 9.97 Å². The van der Waals surface area contributed by atoms with Crippen molar-refractivity contribution < 1.29 is 13.2 Å². The summed E-state index contributed by atoms with van der Waals surface area (Å²) in [6, 6.07) is 0. The Bertz CT molecular complexity index is 458. The van der Waals surface area contributed by atoms with Crippen molar-refractivity contribution in [2.45, 2.75) is 31.9 Å². The quantitative estimate of drug-likeness (QED) is 0.795. The summed E-state index contributed by atoms with van der Waals surface area (Å²) in [5.41, 5.74) is 0.479. The molecular formula is C11H13ClF3N3. The first-order valence-electron chi connectivity index (χ1n) is 5.60. The Morgan fingerprint density at radius 1 is 1.33 bits per heavy atom. The molecule has 0 saturated heterocycles. The molecule has 18 heavy (non-hydrogen) atoms. The lowest BCUT2D eigenvalue weighted by molar-refractivity contribution is -0.119. The third-order valence-corrected chi connectivity index (χ3v) is 3.17. The Labute approximate surface area is 108 Å². The van der Waals surface area contributed by atoms with E-state index in [-0.39, 0.29) is 16.9 Å². The van der Waals surface area contributed by atoms with Crippen molar-refractivity contribution in [3.63, 3.8) is 0 Å². The molecule has 0 unspecified atom stereocenters. The second kappa shape index (κ2) is 4.57. The Hall–Kier alpha value is -1.04. The van der Waals surface area contributed by atoms with Crippen LogP contribution in [0.5, 0.6) is 0 Å². The van der Waals surface area contributed by atoms with Gasteiger partial charge in [-0.3, -0.25) is 0 Å². The fraction of sp³-hybridized carbons (Fsp3) is 0.636. The van der Waals surface area contributed by atoms with E-state index in [0.717, 1.165) is 17.7 Å². The number of rotatable bonds is 3. The minimum atomic E-state index is -4.27. The van der Waals surface area contributed by atoms with Gasteiger partial charge in [-0.25, -0.2) is 9.97 Å². The van der Waals surface area contributed by atoms with Crippen LogP contribution in [0.3, 0.4) is 0 Å². The van der Waals surface area contributed by atoms with Crippen LogP contribution in [-0.4, -0.2) is 29.7 Å². The molecule has 0 aromatic carbocycles. The van der Waals surface area contributed by atoms with Crippen molar-refractivity contribution in [1.29, 1.82) is 0 Å². The van der Waals surface area contributed by atoms with Crippen LogP contribution in [0.4, 0.5) is 19.0 Å². The highest BCUT2D eigenvalue weighted by Gasteiger charge is 2.32. The highest BCUT2D eigenvalue weighted by atomic mass is 35.5. The van der Waals surface area contributed by atoms with E-state index in [1.54, 1.807) is 6.92 Å². The van der Waals surface area contributed by atoms with Gasteiger partial charge in [0.15, 0.2) is 0 Å². The van der Waals surface area contributed by atoms with Crippen molar-refractivity contribution in [2.75, 3.05) is 18.5 Å². The van der Waals surface area contributed by atoms with Gasteiger partial charge in [0.2, 0.25) is 0 Å². The van der Waals surface area contributed by atoms with Gasteiger partial charge >= 0.3 is 6.18 Å². The van der Waals surface area contributed by atoms with Gasteiger partial charge in [0.25, 0.3) is 0 Å². The largest absolute Gasteiger partial charge is 0.405 e. The van der Waals surface area contributed by atoms with Gasteiger partial charge in [-0.15, -0.1) is 0 Å². The first-order chi connectivity index (χ1) is 8.28. The zero-order valence-electron chi connectivity index (χ0n) is 10.1. The topological polar surface area (TPSA) is 29.0 Å². The Morgan fingerprint density at radius 2 is 1.94 bits per heavy atom.